The van der Waals surface area contributed by atoms with Crippen LogP contribution >= 0.6 is 0 Å². The fourth-order valence-electron chi connectivity index (χ4n) is 1.35. The van der Waals surface area contributed by atoms with Gasteiger partial charge in [-0.05, 0) is 18.6 Å². The van der Waals surface area contributed by atoms with E-state index in [-0.39, 0.29) is 5.91 Å². The first-order valence-electron chi connectivity index (χ1n) is 5.37. The predicted molar refractivity (Wildman–Crippen MR) is 66.1 cm³/mol. The molecule has 4 heteroatoms. The van der Waals surface area contributed by atoms with Gasteiger partial charge >= 0.3 is 0 Å². The topological polar surface area (TPSA) is 50.4 Å². The van der Waals surface area contributed by atoms with Crippen LogP contribution in [0.3, 0.4) is 0 Å². The van der Waals surface area contributed by atoms with Crippen molar-refractivity contribution in [2.24, 2.45) is 0 Å². The van der Waals surface area contributed by atoms with E-state index in [1.165, 1.54) is 6.92 Å². The Hall–Kier alpha value is -1.71. The van der Waals surface area contributed by atoms with Gasteiger partial charge in [0.25, 0.3) is 0 Å². The lowest BCUT2D eigenvalue weighted by molar-refractivity contribution is -0.114. The highest BCUT2D eigenvalue weighted by atomic mass is 16.5. The van der Waals surface area contributed by atoms with E-state index in [0.29, 0.717) is 0 Å². The molecule has 4 nitrogen and oxygen atoms in total. The molecule has 0 aliphatic heterocycles. The van der Waals surface area contributed by atoms with Crippen LogP contribution < -0.4 is 15.4 Å². The zero-order valence-electron chi connectivity index (χ0n) is 9.96. The van der Waals surface area contributed by atoms with Crippen molar-refractivity contribution < 1.29 is 9.53 Å². The van der Waals surface area contributed by atoms with Gasteiger partial charge < -0.3 is 15.4 Å². The molecule has 0 unspecified atom stereocenters. The second-order valence-electron chi connectivity index (χ2n) is 3.52. The number of rotatable bonds is 5. The molecule has 16 heavy (non-hydrogen) atoms. The van der Waals surface area contributed by atoms with Crippen LogP contribution in [-0.4, -0.2) is 19.6 Å². The van der Waals surface area contributed by atoms with Crippen LogP contribution in [0.2, 0.25) is 0 Å². The molecule has 0 spiro atoms. The monoisotopic (exact) mass is 222 g/mol. The van der Waals surface area contributed by atoms with E-state index in [4.69, 9.17) is 4.74 Å². The van der Waals surface area contributed by atoms with Crippen LogP contribution in [0.15, 0.2) is 18.2 Å². The lowest BCUT2D eigenvalue weighted by Gasteiger charge is -2.13. The smallest absolute Gasteiger partial charge is 0.221 e. The minimum Gasteiger partial charge on any atom is -0.497 e. The highest BCUT2D eigenvalue weighted by Crippen LogP contribution is 2.26. The van der Waals surface area contributed by atoms with E-state index >= 15 is 0 Å². The second kappa shape index (κ2) is 6.00. The SMILES string of the molecule is CCCNc1cc(OC)ccc1NC(C)=O. The van der Waals surface area contributed by atoms with Crippen molar-refractivity contribution in [3.05, 3.63) is 18.2 Å². The molecule has 1 amide bonds. The van der Waals surface area contributed by atoms with Crippen LogP contribution in [0.1, 0.15) is 20.3 Å². The third kappa shape index (κ3) is 3.46. The average molecular weight is 222 g/mol. The Morgan fingerprint density at radius 3 is 2.69 bits per heavy atom. The number of benzene rings is 1. The standard InChI is InChI=1S/C12H18N2O2/c1-4-7-13-12-8-10(16-3)5-6-11(12)14-9(2)15/h5-6,8,13H,4,7H2,1-3H3,(H,14,15). The van der Waals surface area contributed by atoms with Crippen molar-refractivity contribution in [2.75, 3.05) is 24.3 Å². The molecule has 0 radical (unpaired) electrons. The molecular weight excluding hydrogens is 204 g/mol. The molecule has 0 atom stereocenters. The maximum Gasteiger partial charge on any atom is 0.221 e. The van der Waals surface area contributed by atoms with Crippen molar-refractivity contribution >= 4 is 17.3 Å². The normalized spacial score (nSPS) is 9.69. The molecule has 2 N–H and O–H groups in total. The molecule has 0 aliphatic rings. The summed E-state index contributed by atoms with van der Waals surface area (Å²) in [4.78, 5) is 11.0. The van der Waals surface area contributed by atoms with Crippen LogP contribution in [0.4, 0.5) is 11.4 Å². The molecule has 1 aromatic carbocycles. The summed E-state index contributed by atoms with van der Waals surface area (Å²) < 4.78 is 5.14. The minimum absolute atomic E-state index is 0.0790. The Balaban J connectivity index is 2.91. The molecule has 1 rings (SSSR count). The maximum absolute atomic E-state index is 11.0. The van der Waals surface area contributed by atoms with Gasteiger partial charge in [0, 0.05) is 19.5 Å². The summed E-state index contributed by atoms with van der Waals surface area (Å²) in [5.74, 6) is 0.692. The maximum atomic E-state index is 11.0. The summed E-state index contributed by atoms with van der Waals surface area (Å²) in [5, 5.41) is 6.02. The third-order valence-corrected chi connectivity index (χ3v) is 2.10. The Kier molecular flexibility index (Phi) is 4.64. The highest BCUT2D eigenvalue weighted by molar-refractivity contribution is 5.92. The number of carbonyl (C=O) groups is 1. The van der Waals surface area contributed by atoms with Gasteiger partial charge in [-0.15, -0.1) is 0 Å². The van der Waals surface area contributed by atoms with Crippen LogP contribution in [0, 0.1) is 0 Å². The minimum atomic E-state index is -0.0790. The number of anilines is 2. The van der Waals surface area contributed by atoms with Gasteiger partial charge in [-0.3, -0.25) is 4.79 Å². The number of carbonyl (C=O) groups excluding carboxylic acids is 1. The molecule has 88 valence electrons. The number of amides is 1. The first-order chi connectivity index (χ1) is 7.67. The second-order valence-corrected chi connectivity index (χ2v) is 3.52. The summed E-state index contributed by atoms with van der Waals surface area (Å²) in [6.07, 6.45) is 1.02. The highest BCUT2D eigenvalue weighted by Gasteiger charge is 2.05. The van der Waals surface area contributed by atoms with E-state index in [1.807, 2.05) is 18.2 Å². The average Bonchev–Trinajstić information content (AvgIpc) is 2.27. The van der Waals surface area contributed by atoms with Gasteiger partial charge in [-0.2, -0.15) is 0 Å². The fourth-order valence-corrected chi connectivity index (χ4v) is 1.35. The third-order valence-electron chi connectivity index (χ3n) is 2.10. The quantitative estimate of drug-likeness (QED) is 0.804. The molecule has 0 heterocycles. The molecule has 0 saturated carbocycles. The zero-order valence-corrected chi connectivity index (χ0v) is 9.96. The van der Waals surface area contributed by atoms with Crippen LogP contribution in [0.25, 0.3) is 0 Å². The lowest BCUT2D eigenvalue weighted by Crippen LogP contribution is -2.10. The Morgan fingerprint density at radius 1 is 1.38 bits per heavy atom. The summed E-state index contributed by atoms with van der Waals surface area (Å²) in [7, 11) is 1.62. The Bertz CT molecular complexity index is 364. The fraction of sp³-hybridized carbons (Fsp3) is 0.417. The molecule has 0 aliphatic carbocycles. The van der Waals surface area contributed by atoms with Gasteiger partial charge in [-0.25, -0.2) is 0 Å². The van der Waals surface area contributed by atoms with Crippen LogP contribution in [-0.2, 0) is 4.79 Å². The van der Waals surface area contributed by atoms with E-state index < -0.39 is 0 Å². The summed E-state index contributed by atoms with van der Waals surface area (Å²) in [6, 6.07) is 5.53. The van der Waals surface area contributed by atoms with Gasteiger partial charge in [0.05, 0.1) is 18.5 Å². The number of hydrogen-bond donors (Lipinski definition) is 2. The molecule has 1 aromatic rings. The lowest BCUT2D eigenvalue weighted by atomic mass is 10.2. The summed E-state index contributed by atoms with van der Waals surface area (Å²) in [5.41, 5.74) is 1.66. The van der Waals surface area contributed by atoms with Crippen molar-refractivity contribution in [3.8, 4) is 5.75 Å². The molecule has 0 saturated heterocycles. The first-order valence-corrected chi connectivity index (χ1v) is 5.37. The number of nitrogens with one attached hydrogen (secondary N) is 2. The molecule has 0 fully saturated rings. The van der Waals surface area contributed by atoms with E-state index in [9.17, 15) is 4.79 Å². The Morgan fingerprint density at radius 2 is 2.12 bits per heavy atom. The van der Waals surface area contributed by atoms with E-state index in [0.717, 1.165) is 30.1 Å². The van der Waals surface area contributed by atoms with Gasteiger partial charge in [0.2, 0.25) is 5.91 Å². The van der Waals surface area contributed by atoms with Crippen molar-refractivity contribution in [3.63, 3.8) is 0 Å². The Labute approximate surface area is 96.0 Å². The van der Waals surface area contributed by atoms with E-state index in [2.05, 4.69) is 17.6 Å². The summed E-state index contributed by atoms with van der Waals surface area (Å²) in [6.45, 7) is 4.44. The number of ether oxygens (including phenoxy) is 1. The molecule has 0 bridgehead atoms. The predicted octanol–water partition coefficient (Wildman–Crippen LogP) is 2.48. The largest absolute Gasteiger partial charge is 0.497 e. The number of methoxy groups -OCH3 is 1. The van der Waals surface area contributed by atoms with Crippen molar-refractivity contribution in [2.45, 2.75) is 20.3 Å². The summed E-state index contributed by atoms with van der Waals surface area (Å²) >= 11 is 0. The zero-order chi connectivity index (χ0) is 12.0. The van der Waals surface area contributed by atoms with Gasteiger partial charge in [-0.1, -0.05) is 6.92 Å². The van der Waals surface area contributed by atoms with Gasteiger partial charge in [0.15, 0.2) is 0 Å². The van der Waals surface area contributed by atoms with Crippen molar-refractivity contribution in [1.29, 1.82) is 0 Å². The van der Waals surface area contributed by atoms with E-state index in [1.54, 1.807) is 7.11 Å². The number of hydrogen-bond acceptors (Lipinski definition) is 3. The first kappa shape index (κ1) is 12.4. The molecule has 0 aromatic heterocycles. The van der Waals surface area contributed by atoms with Crippen molar-refractivity contribution in [1.82, 2.24) is 0 Å². The molecular formula is C12H18N2O2. The van der Waals surface area contributed by atoms with Gasteiger partial charge in [0.1, 0.15) is 5.75 Å². The van der Waals surface area contributed by atoms with Crippen LogP contribution in [0.5, 0.6) is 5.75 Å².